The monoisotopic (exact) mass is 472 g/mol. The van der Waals surface area contributed by atoms with E-state index < -0.39 is 23.4 Å². The van der Waals surface area contributed by atoms with Crippen molar-refractivity contribution in [3.8, 4) is 22.8 Å². The second kappa shape index (κ2) is 8.43. The number of nitrogens with zero attached hydrogens (tertiary/aromatic N) is 4. The molecule has 1 atom stereocenters. The van der Waals surface area contributed by atoms with Crippen LogP contribution in [-0.2, 0) is 19.0 Å². The Labute approximate surface area is 193 Å². The van der Waals surface area contributed by atoms with Crippen LogP contribution in [0.2, 0.25) is 0 Å². The average Bonchev–Trinajstić information content (AvgIpc) is 3.48. The zero-order chi connectivity index (χ0) is 24.0. The molecule has 1 aliphatic carbocycles. The number of rotatable bonds is 4. The van der Waals surface area contributed by atoms with Gasteiger partial charge in [0.25, 0.3) is 5.56 Å². The molecule has 0 bridgehead atoms. The lowest BCUT2D eigenvalue weighted by Gasteiger charge is -2.22. The van der Waals surface area contributed by atoms with Crippen molar-refractivity contribution in [2.75, 3.05) is 25.1 Å². The Balaban J connectivity index is 1.74. The van der Waals surface area contributed by atoms with E-state index in [4.69, 9.17) is 4.74 Å². The lowest BCUT2D eigenvalue weighted by molar-refractivity contribution is -0.137. The Hall–Kier alpha value is -3.40. The van der Waals surface area contributed by atoms with Gasteiger partial charge in [-0.2, -0.15) is 23.0 Å². The van der Waals surface area contributed by atoms with Gasteiger partial charge in [-0.3, -0.25) is 4.79 Å². The molecule has 0 saturated carbocycles. The van der Waals surface area contributed by atoms with Gasteiger partial charge in [-0.05, 0) is 55.5 Å². The molecule has 1 N–H and O–H groups in total. The van der Waals surface area contributed by atoms with E-state index in [-0.39, 0.29) is 5.69 Å². The second-order valence-corrected chi connectivity index (χ2v) is 8.55. The minimum absolute atomic E-state index is 0.319. The maximum atomic E-state index is 14.0. The van der Waals surface area contributed by atoms with Crippen molar-refractivity contribution < 1.29 is 23.0 Å². The van der Waals surface area contributed by atoms with E-state index in [9.17, 15) is 23.1 Å². The van der Waals surface area contributed by atoms with Crippen LogP contribution >= 0.6 is 0 Å². The fraction of sp³-hybridized carbons (Fsp3) is 0.375. The number of hydrogen-bond acceptors (Lipinski definition) is 6. The van der Waals surface area contributed by atoms with E-state index in [0.29, 0.717) is 60.7 Å². The van der Waals surface area contributed by atoms with Gasteiger partial charge in [0, 0.05) is 42.2 Å². The number of methoxy groups -OCH3 is 1. The highest BCUT2D eigenvalue weighted by Gasteiger charge is 2.36. The van der Waals surface area contributed by atoms with Crippen LogP contribution in [0.25, 0.3) is 16.9 Å². The highest BCUT2D eigenvalue weighted by atomic mass is 19.4. The summed E-state index contributed by atoms with van der Waals surface area (Å²) in [5.74, 6) is 0.342. The van der Waals surface area contributed by atoms with Crippen molar-refractivity contribution in [2.24, 2.45) is 0 Å². The molecule has 1 saturated heterocycles. The van der Waals surface area contributed by atoms with Gasteiger partial charge in [0.2, 0.25) is 5.88 Å². The molecule has 1 aromatic carbocycles. The summed E-state index contributed by atoms with van der Waals surface area (Å²) in [6.45, 7) is 0.833. The molecule has 2 aromatic heterocycles. The SMILES string of the molecule is COc1cc(-c2nn(-c3cc(N4CC[C@H](O)C4)ccc3C(F)(F)F)c(=O)c3c2CCC3)ccn1. The molecular weight excluding hydrogens is 449 g/mol. The van der Waals surface area contributed by atoms with Crippen molar-refractivity contribution >= 4 is 5.69 Å². The summed E-state index contributed by atoms with van der Waals surface area (Å²) in [4.78, 5) is 19.3. The highest BCUT2D eigenvalue weighted by molar-refractivity contribution is 5.66. The average molecular weight is 472 g/mol. The summed E-state index contributed by atoms with van der Waals surface area (Å²) in [5.41, 5.74) is 0.990. The molecule has 0 radical (unpaired) electrons. The van der Waals surface area contributed by atoms with Crippen molar-refractivity contribution in [2.45, 2.75) is 38.0 Å². The molecule has 3 heterocycles. The third-order valence-electron chi connectivity index (χ3n) is 6.42. The number of aliphatic hydroxyl groups excluding tert-OH is 1. The largest absolute Gasteiger partial charge is 0.481 e. The van der Waals surface area contributed by atoms with Crippen LogP contribution in [0.15, 0.2) is 41.3 Å². The summed E-state index contributed by atoms with van der Waals surface area (Å²) in [5, 5.41) is 14.4. The third kappa shape index (κ3) is 3.91. The minimum Gasteiger partial charge on any atom is -0.481 e. The summed E-state index contributed by atoms with van der Waals surface area (Å²) < 4.78 is 48.1. The predicted molar refractivity (Wildman–Crippen MR) is 119 cm³/mol. The second-order valence-electron chi connectivity index (χ2n) is 8.55. The number of hydrogen-bond donors (Lipinski definition) is 1. The van der Waals surface area contributed by atoms with Crippen molar-refractivity contribution in [1.29, 1.82) is 0 Å². The number of benzene rings is 1. The van der Waals surface area contributed by atoms with Gasteiger partial charge in [0.1, 0.15) is 0 Å². The molecule has 34 heavy (non-hydrogen) atoms. The Kier molecular flexibility index (Phi) is 5.55. The number of ether oxygens (including phenoxy) is 1. The zero-order valence-electron chi connectivity index (χ0n) is 18.5. The van der Waals surface area contributed by atoms with E-state index in [0.717, 1.165) is 22.7 Å². The molecule has 0 spiro atoms. The van der Waals surface area contributed by atoms with Gasteiger partial charge in [-0.15, -0.1) is 0 Å². The van der Waals surface area contributed by atoms with Gasteiger partial charge in [-0.25, -0.2) is 4.98 Å². The maximum absolute atomic E-state index is 14.0. The first-order valence-electron chi connectivity index (χ1n) is 11.1. The standard InChI is InChI=1S/C24H23F3N4O3/c1-34-21-11-14(7-9-28-21)22-17-3-2-4-18(17)23(33)31(29-22)20-12-15(30-10-8-16(32)13-30)5-6-19(20)24(25,26)27/h5-7,9,11-12,16,32H,2-4,8,10,13H2,1H3/t16-/m0/s1. The number of aromatic nitrogens is 3. The molecule has 0 unspecified atom stereocenters. The molecule has 5 rings (SSSR count). The highest BCUT2D eigenvalue weighted by Crippen LogP contribution is 2.37. The number of halogens is 3. The smallest absolute Gasteiger partial charge is 0.418 e. The summed E-state index contributed by atoms with van der Waals surface area (Å²) >= 11 is 0. The summed E-state index contributed by atoms with van der Waals surface area (Å²) in [6, 6.07) is 7.05. The molecule has 3 aromatic rings. The molecule has 2 aliphatic rings. The Bertz CT molecular complexity index is 1310. The third-order valence-corrected chi connectivity index (χ3v) is 6.42. The number of aliphatic hydroxyl groups is 1. The number of fused-ring (bicyclic) bond motifs is 1. The van der Waals surface area contributed by atoms with Crippen LogP contribution < -0.4 is 15.2 Å². The topological polar surface area (TPSA) is 80.5 Å². The Morgan fingerprint density at radius 2 is 1.94 bits per heavy atom. The van der Waals surface area contributed by atoms with E-state index in [1.165, 1.54) is 25.4 Å². The Morgan fingerprint density at radius 3 is 2.65 bits per heavy atom. The van der Waals surface area contributed by atoms with Gasteiger partial charge in [0.15, 0.2) is 0 Å². The zero-order valence-corrected chi connectivity index (χ0v) is 18.5. The molecule has 10 heteroatoms. The summed E-state index contributed by atoms with van der Waals surface area (Å²) in [7, 11) is 1.47. The van der Waals surface area contributed by atoms with Crippen LogP contribution in [0.5, 0.6) is 5.88 Å². The number of alkyl halides is 3. The molecule has 7 nitrogen and oxygen atoms in total. The van der Waals surface area contributed by atoms with Crippen molar-refractivity contribution in [3.63, 3.8) is 0 Å². The van der Waals surface area contributed by atoms with Crippen LogP contribution in [0.3, 0.4) is 0 Å². The fourth-order valence-electron chi connectivity index (χ4n) is 4.75. The van der Waals surface area contributed by atoms with Crippen molar-refractivity contribution in [1.82, 2.24) is 14.8 Å². The lowest BCUT2D eigenvalue weighted by atomic mass is 10.0. The van der Waals surface area contributed by atoms with Gasteiger partial charge < -0.3 is 14.7 Å². The molecular formula is C24H23F3N4O3. The predicted octanol–water partition coefficient (Wildman–Crippen LogP) is 3.38. The first-order valence-corrected chi connectivity index (χ1v) is 11.1. The van der Waals surface area contributed by atoms with Crippen LogP contribution in [0, 0.1) is 0 Å². The molecule has 1 fully saturated rings. The number of pyridine rings is 1. The van der Waals surface area contributed by atoms with E-state index in [1.54, 1.807) is 17.0 Å². The van der Waals surface area contributed by atoms with Gasteiger partial charge >= 0.3 is 6.18 Å². The number of anilines is 1. The van der Waals surface area contributed by atoms with E-state index in [1.807, 2.05) is 0 Å². The molecule has 1 aliphatic heterocycles. The first-order chi connectivity index (χ1) is 16.3. The molecule has 0 amide bonds. The number of β-amino-alcohol motifs (C(OH)–C–C–N with tert-alkyl or cyclic N) is 1. The van der Waals surface area contributed by atoms with E-state index in [2.05, 4.69) is 10.1 Å². The van der Waals surface area contributed by atoms with Gasteiger partial charge in [0.05, 0.1) is 30.2 Å². The Morgan fingerprint density at radius 1 is 1.15 bits per heavy atom. The van der Waals surface area contributed by atoms with Crippen LogP contribution in [-0.4, -0.2) is 46.2 Å². The van der Waals surface area contributed by atoms with Crippen LogP contribution in [0.1, 0.15) is 29.5 Å². The fourth-order valence-corrected chi connectivity index (χ4v) is 4.75. The van der Waals surface area contributed by atoms with Crippen LogP contribution in [0.4, 0.5) is 18.9 Å². The van der Waals surface area contributed by atoms with Gasteiger partial charge in [-0.1, -0.05) is 0 Å². The first kappa shape index (κ1) is 22.4. The normalized spacial score (nSPS) is 17.8. The summed E-state index contributed by atoms with van der Waals surface area (Å²) in [6.07, 6.45) is -1.34. The van der Waals surface area contributed by atoms with Crippen molar-refractivity contribution in [3.05, 3.63) is 63.6 Å². The lowest BCUT2D eigenvalue weighted by Crippen LogP contribution is -2.29. The minimum atomic E-state index is -4.68. The molecule has 178 valence electrons. The quantitative estimate of drug-likeness (QED) is 0.627. The van der Waals surface area contributed by atoms with E-state index >= 15 is 0 Å². The maximum Gasteiger partial charge on any atom is 0.418 e.